The molecular formula is C27H35F2N5O3S. The summed E-state index contributed by atoms with van der Waals surface area (Å²) in [6, 6.07) is 9.07. The van der Waals surface area contributed by atoms with E-state index >= 15 is 0 Å². The van der Waals surface area contributed by atoms with Crippen molar-refractivity contribution in [2.24, 2.45) is 0 Å². The smallest absolute Gasteiger partial charge is 0.296 e. The van der Waals surface area contributed by atoms with Gasteiger partial charge in [0.2, 0.25) is 0 Å². The summed E-state index contributed by atoms with van der Waals surface area (Å²) in [6.07, 6.45) is 7.29. The summed E-state index contributed by atoms with van der Waals surface area (Å²) >= 11 is 1.38. The third-order valence-corrected chi connectivity index (χ3v) is 7.54. The first-order valence-electron chi connectivity index (χ1n) is 13.4. The number of nitrogens with one attached hydrogen (secondary N) is 1. The molecule has 1 N–H and O–H groups in total. The van der Waals surface area contributed by atoms with E-state index in [0.29, 0.717) is 41.0 Å². The van der Waals surface area contributed by atoms with Crippen LogP contribution in [0, 0.1) is 0 Å². The highest BCUT2D eigenvalue weighted by Crippen LogP contribution is 2.30. The summed E-state index contributed by atoms with van der Waals surface area (Å²) in [5.41, 5.74) is 1.10. The lowest BCUT2D eigenvalue weighted by Crippen LogP contribution is -2.30. The number of nitrogens with zero attached hydrogens (tertiary/aromatic N) is 4. The fraction of sp³-hybridized carbons (Fsp3) is 0.593. The number of aromatic nitrogens is 4. The first-order chi connectivity index (χ1) is 18.6. The quantitative estimate of drug-likeness (QED) is 0.174. The number of thioether (sulfide) groups is 1. The second kappa shape index (κ2) is 13.1. The Balaban J connectivity index is 1.16. The predicted molar refractivity (Wildman–Crippen MR) is 143 cm³/mol. The van der Waals surface area contributed by atoms with E-state index < -0.39 is 6.43 Å². The van der Waals surface area contributed by atoms with Gasteiger partial charge in [0.05, 0.1) is 23.7 Å². The molecule has 1 saturated carbocycles. The molecule has 11 heteroatoms. The molecule has 1 unspecified atom stereocenters. The van der Waals surface area contributed by atoms with Crippen LogP contribution in [0.25, 0.3) is 16.9 Å². The first-order valence-corrected chi connectivity index (χ1v) is 14.6. The fourth-order valence-electron chi connectivity index (χ4n) is 5.07. The van der Waals surface area contributed by atoms with Gasteiger partial charge in [-0.2, -0.15) is 0 Å². The Bertz CT molecular complexity index is 1180. The molecule has 5 rings (SSSR count). The SMILES string of the molecule is CSc1nc(NC2CCC(OCCCOC3CCCCO3)CC2)cc(-n2c(C(F)F)nc3ccccc32)n1. The van der Waals surface area contributed by atoms with Gasteiger partial charge in [-0.3, -0.25) is 4.57 Å². The average molecular weight is 548 g/mol. The lowest BCUT2D eigenvalue weighted by Gasteiger charge is -2.29. The van der Waals surface area contributed by atoms with E-state index in [2.05, 4.69) is 20.3 Å². The van der Waals surface area contributed by atoms with E-state index in [-0.39, 0.29) is 24.3 Å². The van der Waals surface area contributed by atoms with E-state index in [4.69, 9.17) is 14.2 Å². The summed E-state index contributed by atoms with van der Waals surface area (Å²) < 4.78 is 46.7. The zero-order valence-electron chi connectivity index (χ0n) is 21.7. The second-order valence-electron chi connectivity index (χ2n) is 9.70. The number of hydrogen-bond donors (Lipinski definition) is 1. The van der Waals surface area contributed by atoms with Gasteiger partial charge in [-0.1, -0.05) is 23.9 Å². The summed E-state index contributed by atoms with van der Waals surface area (Å²) in [6.45, 7) is 2.15. The lowest BCUT2D eigenvalue weighted by atomic mass is 9.93. The van der Waals surface area contributed by atoms with Crippen molar-refractivity contribution in [1.29, 1.82) is 0 Å². The van der Waals surface area contributed by atoms with Gasteiger partial charge < -0.3 is 19.5 Å². The lowest BCUT2D eigenvalue weighted by molar-refractivity contribution is -0.164. The zero-order valence-corrected chi connectivity index (χ0v) is 22.5. The molecule has 206 valence electrons. The molecule has 1 aromatic carbocycles. The molecule has 2 aliphatic rings. The van der Waals surface area contributed by atoms with Crippen molar-refractivity contribution in [3.05, 3.63) is 36.2 Å². The van der Waals surface area contributed by atoms with Gasteiger partial charge in [0.25, 0.3) is 6.43 Å². The van der Waals surface area contributed by atoms with Gasteiger partial charge in [0.1, 0.15) is 11.6 Å². The molecule has 2 aromatic heterocycles. The Morgan fingerprint density at radius 3 is 2.63 bits per heavy atom. The Morgan fingerprint density at radius 2 is 1.87 bits per heavy atom. The van der Waals surface area contributed by atoms with Crippen LogP contribution in [0.1, 0.15) is 63.6 Å². The number of para-hydroxylation sites is 2. The summed E-state index contributed by atoms with van der Waals surface area (Å²) in [4.78, 5) is 13.3. The third-order valence-electron chi connectivity index (χ3n) is 7.00. The van der Waals surface area contributed by atoms with Crippen molar-refractivity contribution in [3.8, 4) is 5.82 Å². The second-order valence-corrected chi connectivity index (χ2v) is 10.5. The van der Waals surface area contributed by atoms with Crippen molar-refractivity contribution < 1.29 is 23.0 Å². The molecule has 1 aliphatic carbocycles. The molecule has 1 saturated heterocycles. The monoisotopic (exact) mass is 547 g/mol. The minimum Gasteiger partial charge on any atom is -0.378 e. The number of halogens is 2. The van der Waals surface area contributed by atoms with Crippen molar-refractivity contribution in [2.45, 2.75) is 81.4 Å². The van der Waals surface area contributed by atoms with Gasteiger partial charge in [0.15, 0.2) is 17.3 Å². The highest BCUT2D eigenvalue weighted by atomic mass is 32.2. The van der Waals surface area contributed by atoms with Gasteiger partial charge in [-0.25, -0.2) is 23.7 Å². The van der Waals surface area contributed by atoms with Crippen LogP contribution >= 0.6 is 11.8 Å². The van der Waals surface area contributed by atoms with Gasteiger partial charge >= 0.3 is 0 Å². The van der Waals surface area contributed by atoms with Crippen LogP contribution in [-0.2, 0) is 14.2 Å². The highest BCUT2D eigenvalue weighted by Gasteiger charge is 2.24. The van der Waals surface area contributed by atoms with Crippen LogP contribution < -0.4 is 5.32 Å². The molecule has 38 heavy (non-hydrogen) atoms. The minimum absolute atomic E-state index is 0.0475. The van der Waals surface area contributed by atoms with Crippen molar-refractivity contribution in [3.63, 3.8) is 0 Å². The number of rotatable bonds is 11. The Hall–Kier alpha value is -2.34. The van der Waals surface area contributed by atoms with E-state index in [1.807, 2.05) is 12.3 Å². The standard InChI is InChI=1S/C27H35F2N5O3S/c1-38-27-32-22(17-23(33-27)34-21-8-3-2-7-20(21)31-26(34)25(28)29)30-18-10-12-19(13-11-18)35-15-6-16-37-24-9-4-5-14-36-24/h2-3,7-8,17-19,24-25H,4-6,9-16H2,1H3,(H,30,32,33). The van der Waals surface area contributed by atoms with Crippen LogP contribution in [0.3, 0.4) is 0 Å². The Kier molecular flexibility index (Phi) is 9.42. The molecule has 0 amide bonds. The van der Waals surface area contributed by atoms with Gasteiger partial charge in [-0.15, -0.1) is 0 Å². The molecule has 3 heterocycles. The van der Waals surface area contributed by atoms with Crippen molar-refractivity contribution in [1.82, 2.24) is 19.5 Å². The number of hydrogen-bond acceptors (Lipinski definition) is 8. The first kappa shape index (κ1) is 27.2. The summed E-state index contributed by atoms with van der Waals surface area (Å²) in [7, 11) is 0. The normalized spacial score (nSPS) is 22.3. The maximum atomic E-state index is 13.9. The van der Waals surface area contributed by atoms with E-state index in [1.165, 1.54) is 22.7 Å². The fourth-order valence-corrected chi connectivity index (χ4v) is 5.45. The number of fused-ring (bicyclic) bond motifs is 1. The molecule has 3 aromatic rings. The largest absolute Gasteiger partial charge is 0.378 e. The molecule has 0 bridgehead atoms. The maximum absolute atomic E-state index is 13.9. The number of imidazole rings is 1. The zero-order chi connectivity index (χ0) is 26.3. The maximum Gasteiger partial charge on any atom is 0.296 e. The molecule has 2 fully saturated rings. The molecule has 0 radical (unpaired) electrons. The number of anilines is 1. The van der Waals surface area contributed by atoms with Crippen LogP contribution in [-0.4, -0.2) is 64.0 Å². The van der Waals surface area contributed by atoms with Crippen molar-refractivity contribution >= 4 is 28.6 Å². The molecule has 8 nitrogen and oxygen atoms in total. The highest BCUT2D eigenvalue weighted by molar-refractivity contribution is 7.98. The number of benzene rings is 1. The van der Waals surface area contributed by atoms with Crippen molar-refractivity contribution in [2.75, 3.05) is 31.4 Å². The number of alkyl halides is 2. The average Bonchev–Trinajstić information content (AvgIpc) is 3.34. The molecular weight excluding hydrogens is 512 g/mol. The molecule has 1 atom stereocenters. The van der Waals surface area contributed by atoms with Crippen LogP contribution in [0.2, 0.25) is 0 Å². The number of ether oxygens (including phenoxy) is 3. The van der Waals surface area contributed by atoms with E-state index in [0.717, 1.165) is 51.6 Å². The Morgan fingerprint density at radius 1 is 1.05 bits per heavy atom. The van der Waals surface area contributed by atoms with Crippen LogP contribution in [0.15, 0.2) is 35.5 Å². The summed E-state index contributed by atoms with van der Waals surface area (Å²) in [5, 5.41) is 4.03. The van der Waals surface area contributed by atoms with Gasteiger partial charge in [0, 0.05) is 25.3 Å². The predicted octanol–water partition coefficient (Wildman–Crippen LogP) is 6.15. The molecule has 0 spiro atoms. The van der Waals surface area contributed by atoms with E-state index in [9.17, 15) is 8.78 Å². The molecule has 1 aliphatic heterocycles. The van der Waals surface area contributed by atoms with Crippen LogP contribution in [0.5, 0.6) is 0 Å². The minimum atomic E-state index is -2.73. The van der Waals surface area contributed by atoms with E-state index in [1.54, 1.807) is 24.3 Å². The summed E-state index contributed by atoms with van der Waals surface area (Å²) in [5.74, 6) is 0.690. The third kappa shape index (κ3) is 6.80. The Labute approximate surface area is 225 Å². The van der Waals surface area contributed by atoms with Gasteiger partial charge in [-0.05, 0) is 69.8 Å². The topological polar surface area (TPSA) is 83.3 Å². The van der Waals surface area contributed by atoms with Crippen LogP contribution in [0.4, 0.5) is 14.6 Å².